The van der Waals surface area contributed by atoms with Crippen LogP contribution in [0.1, 0.15) is 109 Å². The van der Waals surface area contributed by atoms with Crippen molar-refractivity contribution in [3.8, 4) is 0 Å². The predicted molar refractivity (Wildman–Crippen MR) is 114 cm³/mol. The molecule has 0 radical (unpaired) electrons. The van der Waals surface area contributed by atoms with Gasteiger partial charge in [0.05, 0.1) is 0 Å². The second-order valence-electron chi connectivity index (χ2n) is 8.27. The summed E-state index contributed by atoms with van der Waals surface area (Å²) in [4.78, 5) is 10.4. The fourth-order valence-corrected chi connectivity index (χ4v) is 4.79. The molecule has 0 aliphatic heterocycles. The van der Waals surface area contributed by atoms with Gasteiger partial charge in [-0.05, 0) is 12.5 Å². The first-order chi connectivity index (χ1) is 11.9. The summed E-state index contributed by atoms with van der Waals surface area (Å²) in [5.74, 6) is -0.656. The molecule has 0 aliphatic rings. The van der Waals surface area contributed by atoms with Crippen molar-refractivity contribution in [1.29, 1.82) is 0 Å². The van der Waals surface area contributed by atoms with E-state index in [0.717, 1.165) is 12.8 Å². The molecule has 0 bridgehead atoms. The van der Waals surface area contributed by atoms with Gasteiger partial charge in [0.2, 0.25) is 0 Å². The van der Waals surface area contributed by atoms with Gasteiger partial charge in [-0.3, -0.25) is 4.79 Å². The minimum absolute atomic E-state index is 0.340. The molecule has 0 spiro atoms. The van der Waals surface area contributed by atoms with Crippen molar-refractivity contribution in [3.63, 3.8) is 0 Å². The first kappa shape index (κ1) is 25.0. The SMILES string of the molecule is C[Si](C)(Cl)CCCCCCCCCCCCCCCCCCC(=O)O. The zero-order chi connectivity index (χ0) is 18.8. The van der Waals surface area contributed by atoms with E-state index in [-0.39, 0.29) is 0 Å². The summed E-state index contributed by atoms with van der Waals surface area (Å²) >= 11 is 6.33. The van der Waals surface area contributed by atoms with Crippen molar-refractivity contribution in [2.24, 2.45) is 0 Å². The molecule has 0 unspecified atom stereocenters. The molecule has 0 saturated carbocycles. The predicted octanol–water partition coefficient (Wildman–Crippen LogP) is 8.15. The van der Waals surface area contributed by atoms with E-state index in [2.05, 4.69) is 13.1 Å². The third-order valence-electron chi connectivity index (χ3n) is 4.91. The summed E-state index contributed by atoms with van der Waals surface area (Å²) in [6.07, 6.45) is 21.4. The molecule has 4 heteroatoms. The maximum absolute atomic E-state index is 10.4. The minimum Gasteiger partial charge on any atom is -0.481 e. The Kier molecular flexibility index (Phi) is 17.4. The Morgan fingerprint density at radius 1 is 0.640 bits per heavy atom. The van der Waals surface area contributed by atoms with Gasteiger partial charge in [0.25, 0.3) is 0 Å². The van der Waals surface area contributed by atoms with Crippen LogP contribution >= 0.6 is 11.1 Å². The van der Waals surface area contributed by atoms with Gasteiger partial charge in [-0.15, -0.1) is 0 Å². The van der Waals surface area contributed by atoms with Crippen LogP contribution in [0.25, 0.3) is 0 Å². The highest BCUT2D eigenvalue weighted by Crippen LogP contribution is 2.19. The summed E-state index contributed by atoms with van der Waals surface area (Å²) in [7, 11) is -1.32. The molecule has 1 N–H and O–H groups in total. The quantitative estimate of drug-likeness (QED) is 0.137. The zero-order valence-corrected chi connectivity index (χ0v) is 18.7. The average Bonchev–Trinajstić information content (AvgIpc) is 2.52. The van der Waals surface area contributed by atoms with Crippen LogP contribution in [0.5, 0.6) is 0 Å². The van der Waals surface area contributed by atoms with Crippen LogP contribution in [0.2, 0.25) is 19.1 Å². The van der Waals surface area contributed by atoms with Crippen LogP contribution < -0.4 is 0 Å². The number of aliphatic carboxylic acids is 1. The molecule has 0 aliphatic carbocycles. The van der Waals surface area contributed by atoms with Crippen molar-refractivity contribution in [1.82, 2.24) is 0 Å². The molecule has 0 saturated heterocycles. The van der Waals surface area contributed by atoms with Gasteiger partial charge in [0.15, 0.2) is 0 Å². The number of hydrogen-bond acceptors (Lipinski definition) is 1. The largest absolute Gasteiger partial charge is 0.481 e. The molecule has 0 aromatic carbocycles. The summed E-state index contributed by atoms with van der Waals surface area (Å²) in [5.41, 5.74) is 0. The van der Waals surface area contributed by atoms with E-state index >= 15 is 0 Å². The fraction of sp³-hybridized carbons (Fsp3) is 0.952. The molecule has 0 amide bonds. The number of halogens is 1. The molecule has 0 atom stereocenters. The van der Waals surface area contributed by atoms with Crippen LogP contribution in [0, 0.1) is 0 Å². The minimum atomic E-state index is -1.32. The summed E-state index contributed by atoms with van der Waals surface area (Å²) < 4.78 is 0. The lowest BCUT2D eigenvalue weighted by atomic mass is 10.0. The van der Waals surface area contributed by atoms with E-state index in [1.54, 1.807) is 0 Å². The van der Waals surface area contributed by atoms with Gasteiger partial charge < -0.3 is 5.11 Å². The highest BCUT2D eigenvalue weighted by atomic mass is 35.6. The van der Waals surface area contributed by atoms with Crippen LogP contribution in [0.3, 0.4) is 0 Å². The summed E-state index contributed by atoms with van der Waals surface area (Å²) in [6.45, 7) is 4.49. The Morgan fingerprint density at radius 3 is 1.20 bits per heavy atom. The number of rotatable bonds is 19. The van der Waals surface area contributed by atoms with Gasteiger partial charge >= 0.3 is 5.97 Å². The molecular formula is C21H43ClO2Si. The van der Waals surface area contributed by atoms with Crippen LogP contribution in [0.4, 0.5) is 0 Å². The Labute approximate surface area is 162 Å². The van der Waals surface area contributed by atoms with Crippen molar-refractivity contribution in [3.05, 3.63) is 0 Å². The number of carboxylic acids is 1. The Balaban J connectivity index is 3.04. The van der Waals surface area contributed by atoms with E-state index in [1.807, 2.05) is 0 Å². The molecular weight excluding hydrogens is 348 g/mol. The number of carboxylic acid groups (broad SMARTS) is 1. The van der Waals surface area contributed by atoms with Gasteiger partial charge in [0, 0.05) is 6.42 Å². The van der Waals surface area contributed by atoms with E-state index in [0.29, 0.717) is 6.42 Å². The van der Waals surface area contributed by atoms with Crippen molar-refractivity contribution >= 4 is 24.4 Å². The van der Waals surface area contributed by atoms with Crippen molar-refractivity contribution < 1.29 is 9.90 Å². The monoisotopic (exact) mass is 390 g/mol. The average molecular weight is 391 g/mol. The fourth-order valence-electron chi connectivity index (χ4n) is 3.30. The van der Waals surface area contributed by atoms with Crippen molar-refractivity contribution in [2.75, 3.05) is 0 Å². The standard InChI is InChI=1S/C21H43ClO2Si/c1-25(2,22)20-18-16-14-12-10-8-6-4-3-5-7-9-11-13-15-17-19-21(23)24/h3-20H2,1-2H3,(H,23,24). The first-order valence-corrected chi connectivity index (χ1v) is 15.0. The van der Waals surface area contributed by atoms with E-state index < -0.39 is 13.4 Å². The van der Waals surface area contributed by atoms with Gasteiger partial charge in [-0.25, -0.2) is 0 Å². The van der Waals surface area contributed by atoms with Gasteiger partial charge in [0.1, 0.15) is 7.38 Å². The molecule has 0 aromatic rings. The van der Waals surface area contributed by atoms with Crippen LogP contribution in [-0.4, -0.2) is 18.5 Å². The molecule has 0 aromatic heterocycles. The summed E-state index contributed by atoms with van der Waals surface area (Å²) in [6, 6.07) is 1.27. The summed E-state index contributed by atoms with van der Waals surface area (Å²) in [5, 5.41) is 8.56. The van der Waals surface area contributed by atoms with Crippen LogP contribution in [0.15, 0.2) is 0 Å². The Bertz CT molecular complexity index is 303. The third-order valence-corrected chi connectivity index (χ3v) is 7.02. The number of carbonyl (C=O) groups is 1. The highest BCUT2D eigenvalue weighted by Gasteiger charge is 2.15. The van der Waals surface area contributed by atoms with E-state index in [9.17, 15) is 4.79 Å². The van der Waals surface area contributed by atoms with E-state index in [1.165, 1.54) is 95.9 Å². The highest BCUT2D eigenvalue weighted by molar-refractivity contribution is 7.19. The molecule has 25 heavy (non-hydrogen) atoms. The van der Waals surface area contributed by atoms with Gasteiger partial charge in [-0.2, -0.15) is 11.1 Å². The lowest BCUT2D eigenvalue weighted by molar-refractivity contribution is -0.137. The second kappa shape index (κ2) is 17.4. The zero-order valence-electron chi connectivity index (χ0n) is 17.0. The van der Waals surface area contributed by atoms with E-state index in [4.69, 9.17) is 16.2 Å². The Morgan fingerprint density at radius 2 is 0.920 bits per heavy atom. The smallest absolute Gasteiger partial charge is 0.303 e. The molecule has 2 nitrogen and oxygen atoms in total. The topological polar surface area (TPSA) is 37.3 Å². The first-order valence-electron chi connectivity index (χ1n) is 10.8. The third kappa shape index (κ3) is 24.0. The molecule has 0 rings (SSSR count). The van der Waals surface area contributed by atoms with Gasteiger partial charge in [-0.1, -0.05) is 109 Å². The normalized spacial score (nSPS) is 11.8. The Hall–Kier alpha value is -0.0231. The number of unbranched alkanes of at least 4 members (excludes halogenated alkanes) is 15. The molecule has 0 heterocycles. The van der Waals surface area contributed by atoms with Crippen molar-refractivity contribution in [2.45, 2.75) is 128 Å². The lowest BCUT2D eigenvalue weighted by Gasteiger charge is -2.11. The van der Waals surface area contributed by atoms with Crippen LogP contribution in [-0.2, 0) is 4.79 Å². The maximum Gasteiger partial charge on any atom is 0.303 e. The lowest BCUT2D eigenvalue weighted by Crippen LogP contribution is -2.14. The molecule has 150 valence electrons. The molecule has 0 fully saturated rings. The maximum atomic E-state index is 10.4. The second-order valence-corrected chi connectivity index (χ2v) is 15.3. The number of hydrogen-bond donors (Lipinski definition) is 1.